The van der Waals surface area contributed by atoms with Crippen molar-refractivity contribution in [3.05, 3.63) is 33.9 Å². The van der Waals surface area contributed by atoms with E-state index in [2.05, 4.69) is 10.0 Å². The standard InChI is InChI=1S/C7H4N4O4/c8-10-9-4-1-2-6(11(14)15)5(3-4)7(12)13/h1-3,8H/p+1. The van der Waals surface area contributed by atoms with Gasteiger partial charge in [-0.15, -0.1) is 0 Å². The van der Waals surface area contributed by atoms with Crippen LogP contribution in [0, 0.1) is 15.6 Å². The fraction of sp³-hybridized carbons (Fsp3) is 0. The van der Waals surface area contributed by atoms with E-state index in [9.17, 15) is 14.9 Å². The second-order valence-electron chi connectivity index (χ2n) is 2.46. The molecule has 0 aliphatic rings. The Morgan fingerprint density at radius 3 is 2.73 bits per heavy atom. The number of carboxylic acids is 1. The van der Waals surface area contributed by atoms with Gasteiger partial charge in [0.1, 0.15) is 11.1 Å². The van der Waals surface area contributed by atoms with Gasteiger partial charge in [0.15, 0.2) is 10.8 Å². The normalized spacial score (nSPS) is 9.07. The molecule has 15 heavy (non-hydrogen) atoms. The molecule has 0 saturated carbocycles. The third-order valence-electron chi connectivity index (χ3n) is 1.57. The second-order valence-corrected chi connectivity index (χ2v) is 2.46. The van der Waals surface area contributed by atoms with Crippen LogP contribution in [0.3, 0.4) is 0 Å². The number of carboxylic acid groups (broad SMARTS) is 1. The highest BCUT2D eigenvalue weighted by atomic mass is 16.6. The number of hydrogen-bond donors (Lipinski definition) is 2. The number of nitrogens with one attached hydrogen (secondary N) is 1. The average Bonchev–Trinajstić information content (AvgIpc) is 2.17. The van der Waals surface area contributed by atoms with Gasteiger partial charge in [0.2, 0.25) is 4.91 Å². The third kappa shape index (κ3) is 2.20. The van der Waals surface area contributed by atoms with Crippen molar-refractivity contribution in [2.45, 2.75) is 0 Å². The number of nitro benzene ring substituents is 1. The first-order valence-corrected chi connectivity index (χ1v) is 3.65. The lowest BCUT2D eigenvalue weighted by atomic mass is 10.1. The van der Waals surface area contributed by atoms with Crippen molar-refractivity contribution < 1.29 is 14.8 Å². The summed E-state index contributed by atoms with van der Waals surface area (Å²) in [4.78, 5) is 23.0. The minimum atomic E-state index is -1.43. The van der Waals surface area contributed by atoms with Gasteiger partial charge < -0.3 is 5.11 Å². The maximum Gasteiger partial charge on any atom is 0.342 e. The van der Waals surface area contributed by atoms with Gasteiger partial charge in [-0.3, -0.25) is 10.1 Å². The fourth-order valence-electron chi connectivity index (χ4n) is 0.974. The van der Waals surface area contributed by atoms with Crippen LogP contribution in [-0.4, -0.2) is 16.0 Å². The Morgan fingerprint density at radius 2 is 2.27 bits per heavy atom. The van der Waals surface area contributed by atoms with Crippen LogP contribution in [0.25, 0.3) is 0 Å². The molecule has 0 aliphatic heterocycles. The summed E-state index contributed by atoms with van der Waals surface area (Å²) in [5.41, 5.74) is 5.51. The molecule has 0 aromatic heterocycles. The smallest absolute Gasteiger partial charge is 0.342 e. The molecular weight excluding hydrogens is 204 g/mol. The number of nitrogens with zero attached hydrogens (tertiary/aromatic N) is 3. The zero-order valence-corrected chi connectivity index (χ0v) is 7.25. The van der Waals surface area contributed by atoms with Crippen molar-refractivity contribution in [2.24, 2.45) is 5.11 Å². The Bertz CT molecular complexity index is 478. The maximum atomic E-state index is 10.7. The predicted molar refractivity (Wildman–Crippen MR) is 47.0 cm³/mol. The van der Waals surface area contributed by atoms with Crippen molar-refractivity contribution >= 4 is 17.3 Å². The lowest BCUT2D eigenvalue weighted by Crippen LogP contribution is -2.01. The van der Waals surface area contributed by atoms with Gasteiger partial charge in [0.25, 0.3) is 5.69 Å². The van der Waals surface area contributed by atoms with E-state index in [1.807, 2.05) is 0 Å². The molecule has 8 nitrogen and oxygen atoms in total. The molecule has 1 aromatic rings. The molecule has 76 valence electrons. The van der Waals surface area contributed by atoms with Crippen molar-refractivity contribution in [3.63, 3.8) is 0 Å². The molecule has 0 amide bonds. The first-order valence-electron chi connectivity index (χ1n) is 3.65. The number of benzene rings is 1. The zero-order valence-electron chi connectivity index (χ0n) is 7.25. The first kappa shape index (κ1) is 10.5. The SMILES string of the molecule is N=[N+]=Nc1ccc([N+](=O)[O-])c(C(=O)O)c1. The van der Waals surface area contributed by atoms with Crippen LogP contribution < -0.4 is 4.91 Å². The van der Waals surface area contributed by atoms with Gasteiger partial charge in [-0.25, -0.2) is 4.79 Å². The topological polar surface area (TPSA) is 131 Å². The average molecular weight is 209 g/mol. The highest BCUT2D eigenvalue weighted by Crippen LogP contribution is 2.23. The fourth-order valence-corrected chi connectivity index (χ4v) is 0.974. The number of rotatable bonds is 3. The highest BCUT2D eigenvalue weighted by molar-refractivity contribution is 5.93. The minimum Gasteiger partial charge on any atom is -0.477 e. The van der Waals surface area contributed by atoms with Crippen molar-refractivity contribution in [2.75, 3.05) is 0 Å². The number of hydrogen-bond acceptors (Lipinski definition) is 5. The summed E-state index contributed by atoms with van der Waals surface area (Å²) < 4.78 is 0. The molecule has 1 aromatic carbocycles. The van der Waals surface area contributed by atoms with Gasteiger partial charge in [-0.2, -0.15) is 0 Å². The minimum absolute atomic E-state index is 0.0769. The Morgan fingerprint density at radius 1 is 1.60 bits per heavy atom. The molecule has 0 spiro atoms. The molecule has 0 aliphatic carbocycles. The summed E-state index contributed by atoms with van der Waals surface area (Å²) in [6.45, 7) is 0. The van der Waals surface area contributed by atoms with E-state index < -0.39 is 22.1 Å². The first-order chi connectivity index (χ1) is 7.06. The summed E-state index contributed by atoms with van der Waals surface area (Å²) in [6.07, 6.45) is 0. The van der Waals surface area contributed by atoms with Crippen molar-refractivity contribution in [1.29, 1.82) is 5.53 Å². The molecule has 8 heteroatoms. The monoisotopic (exact) mass is 209 g/mol. The molecule has 0 bridgehead atoms. The second kappa shape index (κ2) is 4.07. The van der Waals surface area contributed by atoms with Crippen molar-refractivity contribution in [3.8, 4) is 0 Å². The summed E-state index contributed by atoms with van der Waals surface area (Å²) >= 11 is 0. The maximum absolute atomic E-state index is 10.7. The molecule has 0 unspecified atom stereocenters. The molecule has 1 rings (SSSR count). The van der Waals surface area contributed by atoms with E-state index in [0.717, 1.165) is 12.1 Å². The number of carbonyl (C=O) groups is 1. The van der Waals surface area contributed by atoms with E-state index in [4.69, 9.17) is 10.6 Å². The van der Waals surface area contributed by atoms with E-state index in [-0.39, 0.29) is 5.69 Å². The number of aromatic carboxylic acids is 1. The van der Waals surface area contributed by atoms with E-state index in [0.29, 0.717) is 0 Å². The third-order valence-corrected chi connectivity index (χ3v) is 1.57. The van der Waals surface area contributed by atoms with Gasteiger partial charge in [0, 0.05) is 6.07 Å². The van der Waals surface area contributed by atoms with E-state index in [1.54, 1.807) is 0 Å². The zero-order chi connectivity index (χ0) is 11.4. The number of nitro groups is 1. The van der Waals surface area contributed by atoms with Gasteiger partial charge >= 0.3 is 5.97 Å². The van der Waals surface area contributed by atoms with E-state index in [1.165, 1.54) is 6.07 Å². The molecule has 0 radical (unpaired) electrons. The summed E-state index contributed by atoms with van der Waals surface area (Å²) in [6, 6.07) is 3.20. The summed E-state index contributed by atoms with van der Waals surface area (Å²) in [7, 11) is 0. The Labute approximate surface area is 82.5 Å². The summed E-state index contributed by atoms with van der Waals surface area (Å²) in [5.74, 6) is -1.43. The molecule has 0 fully saturated rings. The Balaban J connectivity index is 3.39. The molecule has 0 atom stereocenters. The van der Waals surface area contributed by atoms with Crippen molar-refractivity contribution in [1.82, 2.24) is 4.91 Å². The van der Waals surface area contributed by atoms with Crippen LogP contribution in [-0.2, 0) is 0 Å². The van der Waals surface area contributed by atoms with Crippen LogP contribution in [0.2, 0.25) is 0 Å². The van der Waals surface area contributed by atoms with Gasteiger partial charge in [-0.05, 0) is 12.1 Å². The van der Waals surface area contributed by atoms with E-state index >= 15 is 0 Å². The van der Waals surface area contributed by atoms with Crippen LogP contribution in [0.4, 0.5) is 11.4 Å². The lowest BCUT2D eigenvalue weighted by molar-refractivity contribution is -0.385. The highest BCUT2D eigenvalue weighted by Gasteiger charge is 2.20. The van der Waals surface area contributed by atoms with Crippen LogP contribution in [0.15, 0.2) is 23.3 Å². The van der Waals surface area contributed by atoms with Gasteiger partial charge in [0.05, 0.1) is 4.92 Å². The molecule has 2 N–H and O–H groups in total. The largest absolute Gasteiger partial charge is 0.477 e. The quantitative estimate of drug-likeness (QED) is 0.337. The Kier molecular flexibility index (Phi) is 2.85. The summed E-state index contributed by atoms with van der Waals surface area (Å²) in [5, 5.41) is 22.4. The van der Waals surface area contributed by atoms with Crippen LogP contribution >= 0.6 is 0 Å². The molecule has 0 saturated heterocycles. The Hall–Kier alpha value is -2.60. The lowest BCUT2D eigenvalue weighted by Gasteiger charge is -1.96. The van der Waals surface area contributed by atoms with Crippen LogP contribution in [0.5, 0.6) is 0 Å². The predicted octanol–water partition coefficient (Wildman–Crippen LogP) is 1.47. The molecular formula is C7H5N4O4+. The van der Waals surface area contributed by atoms with Crippen LogP contribution in [0.1, 0.15) is 10.4 Å². The van der Waals surface area contributed by atoms with Gasteiger partial charge in [-0.1, -0.05) is 0 Å². The molecule has 0 heterocycles.